The first kappa shape index (κ1) is 12.7. The van der Waals surface area contributed by atoms with Gasteiger partial charge in [-0.05, 0) is 19.9 Å². The Labute approximate surface area is 97.1 Å². The fourth-order valence-electron chi connectivity index (χ4n) is 1.55. The molecule has 0 aliphatic carbocycles. The molecule has 0 saturated heterocycles. The zero-order chi connectivity index (χ0) is 10.9. The van der Waals surface area contributed by atoms with Crippen LogP contribution in [0.25, 0.3) is 0 Å². The second-order valence-corrected chi connectivity index (χ2v) is 4.89. The number of hydrogen-bond acceptors (Lipinski definition) is 3. The number of rotatable bonds is 8. The standard InChI is InChI=1S/C12H22N2S/c1-3-4-5-6-7-8-13-9-12-11(2)14-10-15-12/h10,13H,3-9H2,1-2H3. The molecule has 1 aromatic rings. The molecule has 0 radical (unpaired) electrons. The fourth-order valence-corrected chi connectivity index (χ4v) is 2.30. The third kappa shape index (κ3) is 5.28. The van der Waals surface area contributed by atoms with Gasteiger partial charge < -0.3 is 5.32 Å². The quantitative estimate of drug-likeness (QED) is 0.686. The molecule has 3 heteroatoms. The molecule has 86 valence electrons. The molecule has 0 aromatic carbocycles. The SMILES string of the molecule is CCCCCCCNCc1scnc1C. The first-order valence-electron chi connectivity index (χ1n) is 5.94. The third-order valence-corrected chi connectivity index (χ3v) is 3.52. The van der Waals surface area contributed by atoms with Crippen LogP contribution in [-0.4, -0.2) is 11.5 Å². The largest absolute Gasteiger partial charge is 0.312 e. The van der Waals surface area contributed by atoms with Gasteiger partial charge in [0.2, 0.25) is 0 Å². The predicted octanol–water partition coefficient (Wildman–Crippen LogP) is 3.51. The van der Waals surface area contributed by atoms with Gasteiger partial charge in [0.1, 0.15) is 0 Å². The highest BCUT2D eigenvalue weighted by Crippen LogP contribution is 2.11. The van der Waals surface area contributed by atoms with Gasteiger partial charge in [-0.2, -0.15) is 0 Å². The van der Waals surface area contributed by atoms with Gasteiger partial charge in [0.05, 0.1) is 11.2 Å². The Morgan fingerprint density at radius 3 is 2.73 bits per heavy atom. The summed E-state index contributed by atoms with van der Waals surface area (Å²) in [5.41, 5.74) is 3.10. The number of unbranched alkanes of at least 4 members (excludes halogenated alkanes) is 4. The van der Waals surface area contributed by atoms with Crippen LogP contribution in [0.4, 0.5) is 0 Å². The maximum Gasteiger partial charge on any atom is 0.0798 e. The number of nitrogens with one attached hydrogen (secondary N) is 1. The van der Waals surface area contributed by atoms with Crippen molar-refractivity contribution in [2.45, 2.75) is 52.5 Å². The van der Waals surface area contributed by atoms with Gasteiger partial charge in [-0.25, -0.2) is 4.98 Å². The number of hydrogen-bond donors (Lipinski definition) is 1. The van der Waals surface area contributed by atoms with Gasteiger partial charge >= 0.3 is 0 Å². The van der Waals surface area contributed by atoms with Crippen molar-refractivity contribution < 1.29 is 0 Å². The van der Waals surface area contributed by atoms with Gasteiger partial charge in [0, 0.05) is 11.4 Å². The van der Waals surface area contributed by atoms with E-state index in [4.69, 9.17) is 0 Å². The Morgan fingerprint density at radius 1 is 1.27 bits per heavy atom. The van der Waals surface area contributed by atoms with Crippen LogP contribution in [0.3, 0.4) is 0 Å². The van der Waals surface area contributed by atoms with E-state index in [1.54, 1.807) is 11.3 Å². The summed E-state index contributed by atoms with van der Waals surface area (Å²) in [6.07, 6.45) is 6.76. The van der Waals surface area contributed by atoms with Gasteiger partial charge in [-0.1, -0.05) is 32.6 Å². The molecule has 1 rings (SSSR count). The number of nitrogens with zero attached hydrogens (tertiary/aromatic N) is 1. The zero-order valence-corrected chi connectivity index (χ0v) is 10.7. The Morgan fingerprint density at radius 2 is 2.07 bits per heavy atom. The van der Waals surface area contributed by atoms with Crippen molar-refractivity contribution in [3.63, 3.8) is 0 Å². The molecule has 0 saturated carbocycles. The predicted molar refractivity (Wildman–Crippen MR) is 67.3 cm³/mol. The summed E-state index contributed by atoms with van der Waals surface area (Å²) in [4.78, 5) is 5.61. The van der Waals surface area contributed by atoms with E-state index < -0.39 is 0 Å². The summed E-state index contributed by atoms with van der Waals surface area (Å²) in [6.45, 7) is 6.46. The third-order valence-electron chi connectivity index (χ3n) is 2.59. The molecule has 1 heterocycles. The number of aromatic nitrogens is 1. The lowest BCUT2D eigenvalue weighted by molar-refractivity contribution is 0.584. The van der Waals surface area contributed by atoms with E-state index in [-0.39, 0.29) is 0 Å². The minimum absolute atomic E-state index is 0.990. The molecule has 0 atom stereocenters. The minimum Gasteiger partial charge on any atom is -0.312 e. The van der Waals surface area contributed by atoms with Gasteiger partial charge in [-0.3, -0.25) is 0 Å². The summed E-state index contributed by atoms with van der Waals surface area (Å²) in [5.74, 6) is 0. The molecule has 0 unspecified atom stereocenters. The van der Waals surface area contributed by atoms with Gasteiger partial charge in [-0.15, -0.1) is 11.3 Å². The first-order valence-corrected chi connectivity index (χ1v) is 6.82. The molecule has 0 aliphatic heterocycles. The summed E-state index contributed by atoms with van der Waals surface area (Å²) >= 11 is 1.75. The first-order chi connectivity index (χ1) is 7.34. The van der Waals surface area contributed by atoms with Crippen molar-refractivity contribution in [2.24, 2.45) is 0 Å². The highest BCUT2D eigenvalue weighted by molar-refractivity contribution is 7.09. The molecule has 15 heavy (non-hydrogen) atoms. The summed E-state index contributed by atoms with van der Waals surface area (Å²) in [5, 5.41) is 3.48. The summed E-state index contributed by atoms with van der Waals surface area (Å²) in [6, 6.07) is 0. The molecule has 0 spiro atoms. The molecule has 1 aromatic heterocycles. The van der Waals surface area contributed by atoms with Crippen LogP contribution in [0.5, 0.6) is 0 Å². The Bertz CT molecular complexity index is 258. The van der Waals surface area contributed by atoms with Crippen LogP contribution in [0.2, 0.25) is 0 Å². The van der Waals surface area contributed by atoms with Crippen LogP contribution >= 0.6 is 11.3 Å². The van der Waals surface area contributed by atoms with Crippen molar-refractivity contribution in [1.82, 2.24) is 10.3 Å². The van der Waals surface area contributed by atoms with E-state index in [0.29, 0.717) is 0 Å². The maximum absolute atomic E-state index is 4.23. The highest BCUT2D eigenvalue weighted by Gasteiger charge is 1.99. The molecular formula is C12H22N2S. The molecular weight excluding hydrogens is 204 g/mol. The van der Waals surface area contributed by atoms with E-state index in [1.807, 2.05) is 5.51 Å². The van der Waals surface area contributed by atoms with E-state index in [2.05, 4.69) is 24.1 Å². The average molecular weight is 226 g/mol. The maximum atomic E-state index is 4.23. The molecule has 1 N–H and O–H groups in total. The van der Waals surface area contributed by atoms with Gasteiger partial charge in [0.15, 0.2) is 0 Å². The van der Waals surface area contributed by atoms with Crippen LogP contribution < -0.4 is 5.32 Å². The van der Waals surface area contributed by atoms with E-state index in [9.17, 15) is 0 Å². The smallest absolute Gasteiger partial charge is 0.0798 e. The van der Waals surface area contributed by atoms with E-state index in [1.165, 1.54) is 42.7 Å². The number of thiazole rings is 1. The van der Waals surface area contributed by atoms with Crippen molar-refractivity contribution in [3.8, 4) is 0 Å². The highest BCUT2D eigenvalue weighted by atomic mass is 32.1. The van der Waals surface area contributed by atoms with E-state index >= 15 is 0 Å². The van der Waals surface area contributed by atoms with Crippen molar-refractivity contribution in [3.05, 3.63) is 16.1 Å². The topological polar surface area (TPSA) is 24.9 Å². The Balaban J connectivity index is 1.96. The summed E-state index contributed by atoms with van der Waals surface area (Å²) in [7, 11) is 0. The molecule has 0 amide bonds. The molecule has 0 aliphatic rings. The zero-order valence-electron chi connectivity index (χ0n) is 9.88. The van der Waals surface area contributed by atoms with Crippen molar-refractivity contribution >= 4 is 11.3 Å². The molecule has 0 fully saturated rings. The van der Waals surface area contributed by atoms with Crippen LogP contribution in [0, 0.1) is 6.92 Å². The monoisotopic (exact) mass is 226 g/mol. The minimum atomic E-state index is 0.990. The molecule has 0 bridgehead atoms. The van der Waals surface area contributed by atoms with Gasteiger partial charge in [0.25, 0.3) is 0 Å². The second kappa shape index (κ2) is 7.83. The lowest BCUT2D eigenvalue weighted by atomic mass is 10.1. The van der Waals surface area contributed by atoms with Crippen molar-refractivity contribution in [2.75, 3.05) is 6.54 Å². The number of aryl methyl sites for hydroxylation is 1. The van der Waals surface area contributed by atoms with Crippen LogP contribution in [0.15, 0.2) is 5.51 Å². The lowest BCUT2D eigenvalue weighted by Crippen LogP contribution is -2.14. The molecule has 2 nitrogen and oxygen atoms in total. The Hall–Kier alpha value is -0.410. The van der Waals surface area contributed by atoms with Crippen molar-refractivity contribution in [1.29, 1.82) is 0 Å². The second-order valence-electron chi connectivity index (χ2n) is 3.95. The average Bonchev–Trinajstić information content (AvgIpc) is 2.63. The van der Waals surface area contributed by atoms with Crippen LogP contribution in [0.1, 0.15) is 49.6 Å². The van der Waals surface area contributed by atoms with E-state index in [0.717, 1.165) is 13.1 Å². The van der Waals surface area contributed by atoms with Crippen LogP contribution in [-0.2, 0) is 6.54 Å². The lowest BCUT2D eigenvalue weighted by Gasteiger charge is -2.03. The summed E-state index contributed by atoms with van der Waals surface area (Å²) < 4.78 is 0. The normalized spacial score (nSPS) is 10.8. The fraction of sp³-hybridized carbons (Fsp3) is 0.750. The Kier molecular flexibility index (Phi) is 6.60.